The number of carbonyl (C=O) groups excluding carboxylic acids is 2. The Bertz CT molecular complexity index is 1050. The average molecular weight is 373 g/mol. The van der Waals surface area contributed by atoms with Crippen LogP contribution in [0.15, 0.2) is 61.2 Å². The van der Waals surface area contributed by atoms with Gasteiger partial charge in [0, 0.05) is 28.1 Å². The van der Waals surface area contributed by atoms with E-state index in [0.717, 1.165) is 22.5 Å². The van der Waals surface area contributed by atoms with Crippen LogP contribution in [0, 0.1) is 20.8 Å². The third kappa shape index (κ3) is 3.78. The van der Waals surface area contributed by atoms with Crippen molar-refractivity contribution in [2.75, 3.05) is 5.32 Å². The molecule has 28 heavy (non-hydrogen) atoms. The largest absolute Gasteiger partial charge is 0.322 e. The first-order valence-electron chi connectivity index (χ1n) is 9.10. The summed E-state index contributed by atoms with van der Waals surface area (Å²) >= 11 is 0. The van der Waals surface area contributed by atoms with Crippen LogP contribution in [-0.4, -0.2) is 21.6 Å². The van der Waals surface area contributed by atoms with Gasteiger partial charge in [0.1, 0.15) is 0 Å². The van der Waals surface area contributed by atoms with Crippen molar-refractivity contribution in [2.45, 2.75) is 27.2 Å². The first-order valence-corrected chi connectivity index (χ1v) is 9.10. The van der Waals surface area contributed by atoms with Crippen LogP contribution in [0.3, 0.4) is 0 Å². The summed E-state index contributed by atoms with van der Waals surface area (Å²) in [6, 6.07) is 14.2. The van der Waals surface area contributed by atoms with E-state index in [1.54, 1.807) is 36.4 Å². The van der Waals surface area contributed by atoms with E-state index < -0.39 is 0 Å². The summed E-state index contributed by atoms with van der Waals surface area (Å²) in [4.78, 5) is 25.2. The lowest BCUT2D eigenvalue weighted by Crippen LogP contribution is -2.16. The Morgan fingerprint density at radius 3 is 2.39 bits per heavy atom. The molecular formula is C23H23N3O2. The molecule has 3 rings (SSSR count). The second kappa shape index (κ2) is 8.05. The lowest BCUT2D eigenvalue weighted by molar-refractivity contribution is 0.0941. The Morgan fingerprint density at radius 1 is 1.07 bits per heavy atom. The van der Waals surface area contributed by atoms with Gasteiger partial charge in [0.2, 0.25) is 0 Å². The molecule has 142 valence electrons. The van der Waals surface area contributed by atoms with Crippen LogP contribution < -0.4 is 5.32 Å². The molecule has 1 N–H and O–H groups in total. The number of hydrogen-bond donors (Lipinski definition) is 1. The van der Waals surface area contributed by atoms with Crippen molar-refractivity contribution in [3.63, 3.8) is 0 Å². The number of anilines is 1. The van der Waals surface area contributed by atoms with Crippen molar-refractivity contribution >= 4 is 17.5 Å². The molecule has 0 aliphatic heterocycles. The van der Waals surface area contributed by atoms with Gasteiger partial charge < -0.3 is 5.32 Å². The Kier molecular flexibility index (Phi) is 5.54. The zero-order valence-corrected chi connectivity index (χ0v) is 16.3. The number of aryl methyl sites for hydroxylation is 2. The van der Waals surface area contributed by atoms with Crippen LogP contribution in [0.5, 0.6) is 0 Å². The van der Waals surface area contributed by atoms with Crippen molar-refractivity contribution in [3.05, 3.63) is 94.8 Å². The van der Waals surface area contributed by atoms with E-state index in [4.69, 9.17) is 0 Å². The smallest absolute Gasteiger partial charge is 0.278 e. The van der Waals surface area contributed by atoms with Crippen molar-refractivity contribution in [2.24, 2.45) is 0 Å². The highest BCUT2D eigenvalue weighted by Gasteiger charge is 2.17. The SMILES string of the molecule is C=CCc1c(C)nn(C(=O)c2ccc(NC(=O)c3ccccc3C)cc2)c1C. The van der Waals surface area contributed by atoms with Crippen molar-refractivity contribution in [1.29, 1.82) is 0 Å². The fourth-order valence-electron chi connectivity index (χ4n) is 3.16. The minimum absolute atomic E-state index is 0.176. The number of nitrogens with zero attached hydrogens (tertiary/aromatic N) is 2. The van der Waals surface area contributed by atoms with Crippen LogP contribution in [0.25, 0.3) is 0 Å². The van der Waals surface area contributed by atoms with Gasteiger partial charge in [0.25, 0.3) is 11.8 Å². The van der Waals surface area contributed by atoms with Gasteiger partial charge in [-0.25, -0.2) is 4.68 Å². The van der Waals surface area contributed by atoms with Gasteiger partial charge in [-0.15, -0.1) is 6.58 Å². The highest BCUT2D eigenvalue weighted by Crippen LogP contribution is 2.18. The monoisotopic (exact) mass is 373 g/mol. The molecule has 5 nitrogen and oxygen atoms in total. The average Bonchev–Trinajstić information content (AvgIpc) is 2.97. The lowest BCUT2D eigenvalue weighted by atomic mass is 10.1. The van der Waals surface area contributed by atoms with Crippen molar-refractivity contribution in [1.82, 2.24) is 9.78 Å². The minimum atomic E-state index is -0.201. The number of amides is 1. The molecule has 5 heteroatoms. The molecular weight excluding hydrogens is 350 g/mol. The predicted octanol–water partition coefficient (Wildman–Crippen LogP) is 4.48. The first kappa shape index (κ1) is 19.3. The first-order chi connectivity index (χ1) is 13.4. The standard InChI is InChI=1S/C23H23N3O2/c1-5-8-21-16(3)25-26(17(21)4)23(28)18-11-13-19(14-12-18)24-22(27)20-10-7-6-9-15(20)2/h5-7,9-14H,1,8H2,2-4H3,(H,24,27). The van der Waals surface area contributed by atoms with Gasteiger partial charge in [0.05, 0.1) is 5.69 Å². The molecule has 1 aromatic heterocycles. The maximum absolute atomic E-state index is 12.8. The van der Waals surface area contributed by atoms with E-state index in [9.17, 15) is 9.59 Å². The van der Waals surface area contributed by atoms with E-state index in [-0.39, 0.29) is 11.8 Å². The molecule has 1 heterocycles. The Hall–Kier alpha value is -3.47. The van der Waals surface area contributed by atoms with Gasteiger partial charge in [-0.2, -0.15) is 5.10 Å². The molecule has 0 atom stereocenters. The van der Waals surface area contributed by atoms with E-state index >= 15 is 0 Å². The molecule has 0 bridgehead atoms. The number of allylic oxidation sites excluding steroid dienone is 1. The molecule has 0 aliphatic rings. The number of carbonyl (C=O) groups is 2. The lowest BCUT2D eigenvalue weighted by Gasteiger charge is -2.09. The molecule has 2 aromatic carbocycles. The van der Waals surface area contributed by atoms with E-state index in [1.807, 2.05) is 39.0 Å². The number of benzene rings is 2. The van der Waals surface area contributed by atoms with Gasteiger partial charge in [-0.1, -0.05) is 24.3 Å². The van der Waals surface area contributed by atoms with E-state index in [2.05, 4.69) is 17.0 Å². The summed E-state index contributed by atoms with van der Waals surface area (Å²) in [7, 11) is 0. The Balaban J connectivity index is 1.78. The van der Waals surface area contributed by atoms with Crippen LogP contribution in [0.2, 0.25) is 0 Å². The van der Waals surface area contributed by atoms with Crippen LogP contribution in [-0.2, 0) is 6.42 Å². The predicted molar refractivity (Wildman–Crippen MR) is 111 cm³/mol. The summed E-state index contributed by atoms with van der Waals surface area (Å²) in [6.45, 7) is 9.42. The van der Waals surface area contributed by atoms with Gasteiger partial charge in [-0.3, -0.25) is 9.59 Å². The maximum atomic E-state index is 12.8. The van der Waals surface area contributed by atoms with E-state index in [1.165, 1.54) is 4.68 Å². The summed E-state index contributed by atoms with van der Waals surface area (Å²) in [5.74, 6) is -0.377. The highest BCUT2D eigenvalue weighted by molar-refractivity contribution is 6.05. The number of rotatable bonds is 5. The quantitative estimate of drug-likeness (QED) is 0.671. The maximum Gasteiger partial charge on any atom is 0.278 e. The molecule has 0 radical (unpaired) electrons. The number of aromatic nitrogens is 2. The van der Waals surface area contributed by atoms with Crippen LogP contribution >= 0.6 is 0 Å². The third-order valence-corrected chi connectivity index (χ3v) is 4.76. The molecule has 0 unspecified atom stereocenters. The zero-order valence-electron chi connectivity index (χ0n) is 16.3. The summed E-state index contributed by atoms with van der Waals surface area (Å²) in [5.41, 5.74) is 5.33. The van der Waals surface area contributed by atoms with E-state index in [0.29, 0.717) is 23.2 Å². The number of hydrogen-bond acceptors (Lipinski definition) is 3. The zero-order chi connectivity index (χ0) is 20.3. The summed E-state index contributed by atoms with van der Waals surface area (Å²) in [5, 5.41) is 7.24. The van der Waals surface area contributed by atoms with Crippen molar-refractivity contribution < 1.29 is 9.59 Å². The molecule has 0 saturated carbocycles. The molecule has 0 aliphatic carbocycles. The highest BCUT2D eigenvalue weighted by atomic mass is 16.2. The summed E-state index contributed by atoms with van der Waals surface area (Å²) < 4.78 is 1.43. The molecule has 0 fully saturated rings. The fourth-order valence-corrected chi connectivity index (χ4v) is 3.16. The Labute approximate surface area is 164 Å². The van der Waals surface area contributed by atoms with Crippen LogP contribution in [0.1, 0.15) is 43.2 Å². The topological polar surface area (TPSA) is 64.0 Å². The van der Waals surface area contributed by atoms with Gasteiger partial charge in [-0.05, 0) is 63.1 Å². The molecule has 3 aromatic rings. The Morgan fingerprint density at radius 2 is 1.75 bits per heavy atom. The van der Waals surface area contributed by atoms with Gasteiger partial charge in [0.15, 0.2) is 0 Å². The molecule has 1 amide bonds. The summed E-state index contributed by atoms with van der Waals surface area (Å²) in [6.07, 6.45) is 2.48. The number of nitrogens with one attached hydrogen (secondary N) is 1. The normalized spacial score (nSPS) is 10.5. The minimum Gasteiger partial charge on any atom is -0.322 e. The second-order valence-corrected chi connectivity index (χ2v) is 6.71. The molecule has 0 saturated heterocycles. The van der Waals surface area contributed by atoms with Gasteiger partial charge >= 0.3 is 0 Å². The van der Waals surface area contributed by atoms with Crippen molar-refractivity contribution in [3.8, 4) is 0 Å². The fraction of sp³-hybridized carbons (Fsp3) is 0.174. The molecule has 0 spiro atoms. The third-order valence-electron chi connectivity index (χ3n) is 4.76. The van der Waals surface area contributed by atoms with Crippen LogP contribution in [0.4, 0.5) is 5.69 Å². The second-order valence-electron chi connectivity index (χ2n) is 6.71.